The molecule has 1 amide bonds. The maximum atomic E-state index is 13.5. The molecule has 1 radical (unpaired) electrons. The van der Waals surface area contributed by atoms with E-state index in [0.29, 0.717) is 19.6 Å². The van der Waals surface area contributed by atoms with Crippen molar-refractivity contribution in [3.63, 3.8) is 0 Å². The van der Waals surface area contributed by atoms with Gasteiger partial charge in [0.25, 0.3) is 0 Å². The number of piperidine rings is 1. The van der Waals surface area contributed by atoms with Crippen LogP contribution in [0.5, 0.6) is 5.75 Å². The molecule has 1 aromatic rings. The molecular weight excluding hydrogens is 259 g/mol. The number of hydrogen-bond donors (Lipinski definition) is 1. The lowest BCUT2D eigenvalue weighted by Crippen LogP contribution is -2.47. The quantitative estimate of drug-likeness (QED) is 0.895. The van der Waals surface area contributed by atoms with Crippen molar-refractivity contribution < 1.29 is 13.9 Å². The fourth-order valence-electron chi connectivity index (χ4n) is 2.47. The molecule has 0 bridgehead atoms. The van der Waals surface area contributed by atoms with Crippen molar-refractivity contribution in [3.05, 3.63) is 36.0 Å². The van der Waals surface area contributed by atoms with E-state index in [1.54, 1.807) is 12.1 Å². The number of rotatable bonds is 5. The van der Waals surface area contributed by atoms with E-state index in [2.05, 4.69) is 6.42 Å². The van der Waals surface area contributed by atoms with Crippen molar-refractivity contribution in [2.24, 2.45) is 5.73 Å². The van der Waals surface area contributed by atoms with Crippen molar-refractivity contribution in [1.29, 1.82) is 0 Å². The van der Waals surface area contributed by atoms with Gasteiger partial charge in [-0.15, -0.1) is 0 Å². The van der Waals surface area contributed by atoms with Crippen LogP contribution in [0.2, 0.25) is 0 Å². The van der Waals surface area contributed by atoms with Gasteiger partial charge < -0.3 is 10.5 Å². The molecule has 0 aliphatic carbocycles. The average Bonchev–Trinajstić information content (AvgIpc) is 2.43. The third-order valence-electron chi connectivity index (χ3n) is 3.46. The van der Waals surface area contributed by atoms with E-state index in [9.17, 15) is 9.18 Å². The van der Waals surface area contributed by atoms with E-state index in [4.69, 9.17) is 10.5 Å². The largest absolute Gasteiger partial charge is 0.491 e. The molecule has 1 atom stereocenters. The van der Waals surface area contributed by atoms with Crippen LogP contribution in [0, 0.1) is 12.2 Å². The van der Waals surface area contributed by atoms with Gasteiger partial charge in [-0.3, -0.25) is 9.69 Å². The molecule has 1 saturated heterocycles. The summed E-state index contributed by atoms with van der Waals surface area (Å²) in [5.41, 5.74) is 6.35. The molecule has 2 N–H and O–H groups in total. The smallest absolute Gasteiger partial charge is 0.234 e. The van der Waals surface area contributed by atoms with Gasteiger partial charge in [0.1, 0.15) is 0 Å². The summed E-state index contributed by atoms with van der Waals surface area (Å²) < 4.78 is 18.8. The van der Waals surface area contributed by atoms with Crippen LogP contribution < -0.4 is 10.5 Å². The summed E-state index contributed by atoms with van der Waals surface area (Å²) in [6.07, 6.45) is 3.69. The first-order valence-corrected chi connectivity index (χ1v) is 6.88. The molecule has 1 unspecified atom stereocenters. The minimum absolute atomic E-state index is 0.254. The van der Waals surface area contributed by atoms with Crippen LogP contribution in [-0.2, 0) is 11.3 Å². The number of carbonyl (C=O) groups excluding carboxylic acids is 1. The zero-order valence-electron chi connectivity index (χ0n) is 11.6. The first-order chi connectivity index (χ1) is 9.61. The Morgan fingerprint density at radius 3 is 3.05 bits per heavy atom. The minimum atomic E-state index is -0.367. The molecule has 1 fully saturated rings. The van der Waals surface area contributed by atoms with Gasteiger partial charge in [0.2, 0.25) is 5.91 Å². The highest BCUT2D eigenvalue weighted by atomic mass is 19.1. The molecule has 1 aromatic carbocycles. The molecule has 0 aromatic heterocycles. The van der Waals surface area contributed by atoms with Gasteiger partial charge in [0, 0.05) is 6.54 Å². The SMILES string of the molecule is CCOc1cc(CN2CC[CH]CC2C(N)=O)ccc1F. The monoisotopic (exact) mass is 279 g/mol. The summed E-state index contributed by atoms with van der Waals surface area (Å²) in [5, 5.41) is 0. The Morgan fingerprint density at radius 1 is 1.55 bits per heavy atom. The second-order valence-electron chi connectivity index (χ2n) is 4.90. The lowest BCUT2D eigenvalue weighted by atomic mass is 10.0. The Morgan fingerprint density at radius 2 is 2.35 bits per heavy atom. The van der Waals surface area contributed by atoms with Crippen molar-refractivity contribution in [2.45, 2.75) is 32.4 Å². The molecule has 1 aliphatic rings. The van der Waals surface area contributed by atoms with E-state index in [1.807, 2.05) is 11.8 Å². The zero-order chi connectivity index (χ0) is 14.5. The summed E-state index contributed by atoms with van der Waals surface area (Å²) in [7, 11) is 0. The van der Waals surface area contributed by atoms with E-state index in [1.165, 1.54) is 6.07 Å². The fourth-order valence-corrected chi connectivity index (χ4v) is 2.47. The number of likely N-dealkylation sites (tertiary alicyclic amines) is 1. The highest BCUT2D eigenvalue weighted by Gasteiger charge is 2.27. The molecule has 1 heterocycles. The lowest BCUT2D eigenvalue weighted by Gasteiger charge is -2.33. The fraction of sp³-hybridized carbons (Fsp3) is 0.467. The molecule has 2 rings (SSSR count). The second kappa shape index (κ2) is 6.70. The Balaban J connectivity index is 2.11. The van der Waals surface area contributed by atoms with Crippen molar-refractivity contribution in [2.75, 3.05) is 13.2 Å². The van der Waals surface area contributed by atoms with E-state index in [0.717, 1.165) is 18.5 Å². The Bertz CT molecular complexity index is 479. The Hall–Kier alpha value is -1.62. The first-order valence-electron chi connectivity index (χ1n) is 6.88. The van der Waals surface area contributed by atoms with Crippen molar-refractivity contribution in [1.82, 2.24) is 4.90 Å². The standard InChI is InChI=1S/C15H20FN2O2/c1-2-20-14-9-11(6-7-12(14)16)10-18-8-4-3-5-13(18)15(17)19/h3,6-7,9,13H,2,4-5,8,10H2,1H3,(H2,17,19). The topological polar surface area (TPSA) is 55.6 Å². The summed E-state index contributed by atoms with van der Waals surface area (Å²) >= 11 is 0. The van der Waals surface area contributed by atoms with Gasteiger partial charge in [0.05, 0.1) is 12.6 Å². The van der Waals surface area contributed by atoms with Crippen molar-refractivity contribution >= 4 is 5.91 Å². The number of hydrogen-bond acceptors (Lipinski definition) is 3. The number of ether oxygens (including phenoxy) is 1. The number of carbonyl (C=O) groups is 1. The number of amides is 1. The second-order valence-corrected chi connectivity index (χ2v) is 4.90. The summed E-state index contributed by atoms with van der Waals surface area (Å²) in [5.74, 6) is -0.425. The highest BCUT2D eigenvalue weighted by Crippen LogP contribution is 2.23. The number of nitrogens with two attached hydrogens (primary N) is 1. The third kappa shape index (κ3) is 3.48. The number of primary amides is 1. The van der Waals surface area contributed by atoms with Gasteiger partial charge in [-0.05, 0) is 50.4 Å². The van der Waals surface area contributed by atoms with Crippen LogP contribution in [-0.4, -0.2) is 30.0 Å². The van der Waals surface area contributed by atoms with Crippen LogP contribution in [0.3, 0.4) is 0 Å². The van der Waals surface area contributed by atoms with Crippen LogP contribution in [0.25, 0.3) is 0 Å². The number of nitrogens with zero attached hydrogens (tertiary/aromatic N) is 1. The molecular formula is C15H20FN2O2. The normalized spacial score (nSPS) is 19.8. The maximum Gasteiger partial charge on any atom is 0.234 e. The molecule has 20 heavy (non-hydrogen) atoms. The van der Waals surface area contributed by atoms with Crippen LogP contribution in [0.1, 0.15) is 25.3 Å². The van der Waals surface area contributed by atoms with E-state index >= 15 is 0 Å². The lowest BCUT2D eigenvalue weighted by molar-refractivity contribution is -0.124. The summed E-state index contributed by atoms with van der Waals surface area (Å²) in [4.78, 5) is 13.5. The predicted octanol–water partition coefficient (Wildman–Crippen LogP) is 1.88. The molecule has 0 spiro atoms. The molecule has 1 aliphatic heterocycles. The van der Waals surface area contributed by atoms with Gasteiger partial charge in [-0.25, -0.2) is 4.39 Å². The molecule has 4 nitrogen and oxygen atoms in total. The van der Waals surface area contributed by atoms with E-state index in [-0.39, 0.29) is 23.5 Å². The average molecular weight is 279 g/mol. The highest BCUT2D eigenvalue weighted by molar-refractivity contribution is 5.80. The number of benzene rings is 1. The Labute approximate surface area is 118 Å². The molecule has 109 valence electrons. The minimum Gasteiger partial charge on any atom is -0.491 e. The predicted molar refractivity (Wildman–Crippen MR) is 74.5 cm³/mol. The van der Waals surface area contributed by atoms with Crippen LogP contribution in [0.15, 0.2) is 18.2 Å². The Kier molecular flexibility index (Phi) is 4.95. The molecule has 0 saturated carbocycles. The number of halogens is 1. The van der Waals surface area contributed by atoms with Crippen LogP contribution in [0.4, 0.5) is 4.39 Å². The van der Waals surface area contributed by atoms with Gasteiger partial charge in [0.15, 0.2) is 11.6 Å². The zero-order valence-corrected chi connectivity index (χ0v) is 11.6. The van der Waals surface area contributed by atoms with Crippen LogP contribution >= 0.6 is 0 Å². The van der Waals surface area contributed by atoms with Crippen molar-refractivity contribution in [3.8, 4) is 5.75 Å². The van der Waals surface area contributed by atoms with Gasteiger partial charge in [-0.2, -0.15) is 0 Å². The third-order valence-corrected chi connectivity index (χ3v) is 3.46. The maximum absolute atomic E-state index is 13.5. The summed E-state index contributed by atoms with van der Waals surface area (Å²) in [6, 6.07) is 4.53. The van der Waals surface area contributed by atoms with Gasteiger partial charge in [-0.1, -0.05) is 6.07 Å². The van der Waals surface area contributed by atoms with Gasteiger partial charge >= 0.3 is 0 Å². The van der Waals surface area contributed by atoms with E-state index < -0.39 is 0 Å². The molecule has 5 heteroatoms. The summed E-state index contributed by atoms with van der Waals surface area (Å²) in [6.45, 7) is 3.59. The first kappa shape index (κ1) is 14.8.